The van der Waals surface area contributed by atoms with Crippen LogP contribution in [0.1, 0.15) is 18.4 Å². The van der Waals surface area contributed by atoms with E-state index >= 15 is 0 Å². The van der Waals surface area contributed by atoms with Crippen molar-refractivity contribution in [1.82, 2.24) is 9.97 Å². The number of hydrogen-bond acceptors (Lipinski definition) is 7. The molecule has 0 saturated heterocycles. The van der Waals surface area contributed by atoms with E-state index in [-0.39, 0.29) is 6.61 Å². The first-order valence-electron chi connectivity index (χ1n) is 7.40. The molecule has 0 amide bonds. The van der Waals surface area contributed by atoms with Gasteiger partial charge in [-0.2, -0.15) is 0 Å². The molecule has 1 atom stereocenters. The highest BCUT2D eigenvalue weighted by Gasteiger charge is 2.41. The van der Waals surface area contributed by atoms with Crippen LogP contribution in [0.5, 0.6) is 0 Å². The number of carbonyl (C=O) groups is 3. The average molecular weight is 362 g/mol. The monoisotopic (exact) mass is 362 g/mol. The number of aromatic nitrogens is 2. The van der Waals surface area contributed by atoms with E-state index in [9.17, 15) is 19.5 Å². The molecule has 0 bridgehead atoms. The Morgan fingerprint density at radius 2 is 1.58 bits per heavy atom. The summed E-state index contributed by atoms with van der Waals surface area (Å²) in [6, 6.07) is 10.4. The first kappa shape index (κ1) is 20.7. The highest BCUT2D eigenvalue weighted by Crippen LogP contribution is 2.17. The van der Waals surface area contributed by atoms with Crippen LogP contribution in [-0.4, -0.2) is 48.8 Å². The summed E-state index contributed by atoms with van der Waals surface area (Å²) in [5.41, 5.74) is -1.97. The normalized spacial score (nSPS) is 12.0. The second-order valence-corrected chi connectivity index (χ2v) is 5.13. The molecule has 0 saturated carbocycles. The minimum atomic E-state index is -2.67. The van der Waals surface area contributed by atoms with Crippen LogP contribution in [0.2, 0.25) is 0 Å². The molecule has 0 radical (unpaired) electrons. The highest BCUT2D eigenvalue weighted by molar-refractivity contribution is 5.88. The van der Waals surface area contributed by atoms with Gasteiger partial charge in [-0.1, -0.05) is 30.3 Å². The van der Waals surface area contributed by atoms with Gasteiger partial charge >= 0.3 is 17.9 Å². The summed E-state index contributed by atoms with van der Waals surface area (Å²) >= 11 is 0. The zero-order valence-electron chi connectivity index (χ0n) is 13.7. The van der Waals surface area contributed by atoms with Crippen molar-refractivity contribution in [2.75, 3.05) is 0 Å². The van der Waals surface area contributed by atoms with Gasteiger partial charge in [0, 0.05) is 12.4 Å². The maximum Gasteiger partial charge on any atom is 0.336 e. The third kappa shape index (κ3) is 7.97. The van der Waals surface area contributed by atoms with Crippen LogP contribution in [0.15, 0.2) is 55.1 Å². The largest absolute Gasteiger partial charge is 0.481 e. The molecule has 138 valence electrons. The predicted octanol–water partition coefficient (Wildman–Crippen LogP) is 0.887. The van der Waals surface area contributed by atoms with Gasteiger partial charge in [-0.05, 0) is 11.6 Å². The van der Waals surface area contributed by atoms with Crippen molar-refractivity contribution in [1.29, 1.82) is 0 Å². The van der Waals surface area contributed by atoms with Crippen LogP contribution in [0, 0.1) is 0 Å². The molecule has 0 fully saturated rings. The third-order valence-electron chi connectivity index (χ3n) is 3.00. The fourth-order valence-electron chi connectivity index (χ4n) is 1.75. The van der Waals surface area contributed by atoms with E-state index in [0.717, 1.165) is 0 Å². The number of aliphatic carboxylic acids is 2. The molecular weight excluding hydrogens is 344 g/mol. The Morgan fingerprint density at radius 3 is 2.00 bits per heavy atom. The summed E-state index contributed by atoms with van der Waals surface area (Å²) < 4.78 is 4.80. The van der Waals surface area contributed by atoms with Gasteiger partial charge in [-0.25, -0.2) is 14.8 Å². The number of nitrogens with zero attached hydrogens (tertiary/aromatic N) is 2. The van der Waals surface area contributed by atoms with Gasteiger partial charge < -0.3 is 20.1 Å². The summed E-state index contributed by atoms with van der Waals surface area (Å²) in [6.07, 6.45) is 2.87. The molecule has 0 aliphatic rings. The second kappa shape index (κ2) is 10.5. The fourth-order valence-corrected chi connectivity index (χ4v) is 1.75. The lowest BCUT2D eigenvalue weighted by molar-refractivity contribution is -0.172. The van der Waals surface area contributed by atoms with E-state index in [1.165, 1.54) is 6.33 Å². The van der Waals surface area contributed by atoms with Crippen molar-refractivity contribution in [3.8, 4) is 0 Å². The van der Waals surface area contributed by atoms with E-state index in [0.29, 0.717) is 5.56 Å². The number of rotatable bonds is 7. The van der Waals surface area contributed by atoms with Gasteiger partial charge in [0.1, 0.15) is 12.9 Å². The van der Waals surface area contributed by atoms with Crippen molar-refractivity contribution in [3.63, 3.8) is 0 Å². The van der Waals surface area contributed by atoms with Crippen LogP contribution in [0.4, 0.5) is 0 Å². The number of esters is 1. The van der Waals surface area contributed by atoms with Gasteiger partial charge in [0.25, 0.3) is 0 Å². The Balaban J connectivity index is 0.000000472. The molecule has 1 heterocycles. The predicted molar refractivity (Wildman–Crippen MR) is 87.7 cm³/mol. The Hall–Kier alpha value is -3.33. The summed E-state index contributed by atoms with van der Waals surface area (Å²) in [5.74, 6) is -4.29. The van der Waals surface area contributed by atoms with Crippen molar-refractivity contribution >= 4 is 17.9 Å². The van der Waals surface area contributed by atoms with Crippen molar-refractivity contribution in [2.45, 2.75) is 25.0 Å². The van der Waals surface area contributed by atoms with E-state index in [2.05, 4.69) is 9.97 Å². The maximum atomic E-state index is 11.5. The number of carboxylic acids is 2. The van der Waals surface area contributed by atoms with Gasteiger partial charge in [0.05, 0.1) is 12.8 Å². The summed E-state index contributed by atoms with van der Waals surface area (Å²) in [7, 11) is 0. The van der Waals surface area contributed by atoms with Crippen LogP contribution >= 0.6 is 0 Å². The smallest absolute Gasteiger partial charge is 0.336 e. The van der Waals surface area contributed by atoms with Crippen molar-refractivity contribution < 1.29 is 34.4 Å². The number of aliphatic hydroxyl groups is 1. The topological polar surface area (TPSA) is 147 Å². The number of benzene rings is 1. The van der Waals surface area contributed by atoms with Crippen molar-refractivity contribution in [2.24, 2.45) is 0 Å². The summed E-state index contributed by atoms with van der Waals surface area (Å²) in [5, 5.41) is 27.0. The average Bonchev–Trinajstić information content (AvgIpc) is 2.62. The van der Waals surface area contributed by atoms with Crippen LogP contribution in [0.3, 0.4) is 0 Å². The Morgan fingerprint density at radius 1 is 0.962 bits per heavy atom. The molecule has 1 aromatic carbocycles. The Labute approximate surface area is 148 Å². The van der Waals surface area contributed by atoms with Gasteiger partial charge in [-0.15, -0.1) is 0 Å². The summed E-state index contributed by atoms with van der Waals surface area (Å²) in [4.78, 5) is 40.2. The standard InChI is InChI=1S/C13H14O7.C4H4N2/c14-10(15)6-13(19,12(17)18)7-11(16)20-8-9-4-2-1-3-5-9;1-2-5-4-6-3-1/h1-5,19H,6-8H2,(H,14,15)(H,17,18);1-4H. The van der Waals surface area contributed by atoms with E-state index in [4.69, 9.17) is 14.9 Å². The molecule has 1 unspecified atom stereocenters. The first-order valence-corrected chi connectivity index (χ1v) is 7.40. The van der Waals surface area contributed by atoms with Crippen LogP contribution in [-0.2, 0) is 25.7 Å². The van der Waals surface area contributed by atoms with Gasteiger partial charge in [-0.3, -0.25) is 9.59 Å². The molecule has 26 heavy (non-hydrogen) atoms. The fraction of sp³-hybridized carbons (Fsp3) is 0.235. The maximum absolute atomic E-state index is 11.5. The number of carbonyl (C=O) groups excluding carboxylic acids is 1. The van der Waals surface area contributed by atoms with Gasteiger partial charge in [0.15, 0.2) is 5.60 Å². The number of ether oxygens (including phenoxy) is 1. The lowest BCUT2D eigenvalue weighted by Gasteiger charge is -2.20. The lowest BCUT2D eigenvalue weighted by atomic mass is 9.96. The number of carboxylic acid groups (broad SMARTS) is 2. The molecule has 9 nitrogen and oxygen atoms in total. The van der Waals surface area contributed by atoms with Crippen LogP contribution < -0.4 is 0 Å². The highest BCUT2D eigenvalue weighted by atomic mass is 16.5. The molecule has 2 rings (SSSR count). The molecule has 2 aromatic rings. The van der Waals surface area contributed by atoms with E-state index < -0.39 is 36.4 Å². The Kier molecular flexibility index (Phi) is 8.38. The zero-order valence-corrected chi connectivity index (χ0v) is 13.7. The molecule has 3 N–H and O–H groups in total. The number of hydrogen-bond donors (Lipinski definition) is 3. The molecule has 0 aliphatic carbocycles. The van der Waals surface area contributed by atoms with E-state index in [1.54, 1.807) is 48.8 Å². The molecule has 1 aromatic heterocycles. The second-order valence-electron chi connectivity index (χ2n) is 5.13. The molecule has 9 heteroatoms. The lowest BCUT2D eigenvalue weighted by Crippen LogP contribution is -2.43. The SMILES string of the molecule is O=C(O)CC(O)(CC(=O)OCc1ccccc1)C(=O)O.c1cncnc1. The minimum Gasteiger partial charge on any atom is -0.481 e. The van der Waals surface area contributed by atoms with E-state index in [1.807, 2.05) is 0 Å². The molecule has 0 spiro atoms. The zero-order chi connectivity index (χ0) is 19.4. The minimum absolute atomic E-state index is 0.0809. The quantitative estimate of drug-likeness (QED) is 0.611. The molecule has 0 aliphatic heterocycles. The van der Waals surface area contributed by atoms with Crippen LogP contribution in [0.25, 0.3) is 0 Å². The van der Waals surface area contributed by atoms with Crippen molar-refractivity contribution in [3.05, 3.63) is 60.7 Å². The summed E-state index contributed by atoms with van der Waals surface area (Å²) in [6.45, 7) is -0.0809. The third-order valence-corrected chi connectivity index (χ3v) is 3.00. The first-order chi connectivity index (χ1) is 12.3. The molecular formula is C17H18N2O7. The van der Waals surface area contributed by atoms with Gasteiger partial charge in [0.2, 0.25) is 0 Å². The Bertz CT molecular complexity index is 683.